The lowest BCUT2D eigenvalue weighted by Gasteiger charge is -2.16. The Labute approximate surface area is 180 Å². The molecule has 1 amide bonds. The molecule has 4 rings (SSSR count). The van der Waals surface area contributed by atoms with E-state index in [1.807, 2.05) is 38.1 Å². The first kappa shape index (κ1) is 20.3. The van der Waals surface area contributed by atoms with Crippen molar-refractivity contribution in [3.63, 3.8) is 0 Å². The average molecular weight is 424 g/mol. The number of carbonyl (C=O) groups excluding carboxylic acids is 1. The fourth-order valence-corrected chi connectivity index (χ4v) is 3.85. The van der Waals surface area contributed by atoms with Gasteiger partial charge in [-0.05, 0) is 92.2 Å². The van der Waals surface area contributed by atoms with Crippen molar-refractivity contribution in [3.8, 4) is 5.75 Å². The van der Waals surface area contributed by atoms with Crippen LogP contribution in [0.4, 0.5) is 5.69 Å². The summed E-state index contributed by atoms with van der Waals surface area (Å²) in [4.78, 5) is 12.6. The second-order valence-corrected chi connectivity index (χ2v) is 8.06. The number of nitrogens with one attached hydrogen (secondary N) is 1. The molecule has 0 unspecified atom stereocenters. The van der Waals surface area contributed by atoms with Crippen molar-refractivity contribution in [2.45, 2.75) is 52.7 Å². The first-order chi connectivity index (χ1) is 14.5. The molecule has 1 aliphatic rings. The third-order valence-electron chi connectivity index (χ3n) is 5.29. The predicted octanol–water partition coefficient (Wildman–Crippen LogP) is 4.92. The lowest BCUT2D eigenvalue weighted by atomic mass is 9.92. The number of amides is 1. The fourth-order valence-electron chi connectivity index (χ4n) is 3.65. The van der Waals surface area contributed by atoms with E-state index in [2.05, 4.69) is 22.5 Å². The van der Waals surface area contributed by atoms with E-state index in [-0.39, 0.29) is 23.9 Å². The standard InChI is InChI=1S/C23H25N3O3S/c1-15-7-8-16(2)20(11-15)24-21(27)13-26-23(30)29-22(25-26)14-28-19-10-9-17-5-3-4-6-18(17)12-19/h7-12H,3-6,13-14H2,1-2H3,(H,24,27). The lowest BCUT2D eigenvalue weighted by Crippen LogP contribution is -2.20. The van der Waals surface area contributed by atoms with Crippen molar-refractivity contribution in [3.05, 3.63) is 69.4 Å². The zero-order valence-corrected chi connectivity index (χ0v) is 18.1. The molecule has 3 aromatic rings. The summed E-state index contributed by atoms with van der Waals surface area (Å²) in [6, 6.07) is 12.1. The molecular formula is C23H25N3O3S. The molecule has 0 fully saturated rings. The van der Waals surface area contributed by atoms with E-state index in [0.29, 0.717) is 5.89 Å². The van der Waals surface area contributed by atoms with Gasteiger partial charge in [0, 0.05) is 5.69 Å². The molecule has 156 valence electrons. The van der Waals surface area contributed by atoms with Crippen molar-refractivity contribution < 1.29 is 13.9 Å². The lowest BCUT2D eigenvalue weighted by molar-refractivity contribution is -0.117. The number of carbonyl (C=O) groups is 1. The minimum Gasteiger partial charge on any atom is -0.484 e. The summed E-state index contributed by atoms with van der Waals surface area (Å²) >= 11 is 5.21. The highest BCUT2D eigenvalue weighted by atomic mass is 32.1. The van der Waals surface area contributed by atoms with Crippen LogP contribution < -0.4 is 10.1 Å². The number of ether oxygens (including phenoxy) is 1. The van der Waals surface area contributed by atoms with Gasteiger partial charge in [-0.15, -0.1) is 5.10 Å². The molecule has 1 heterocycles. The zero-order chi connectivity index (χ0) is 21.1. The molecule has 0 radical (unpaired) electrons. The van der Waals surface area contributed by atoms with Gasteiger partial charge in [-0.1, -0.05) is 18.2 Å². The first-order valence-electron chi connectivity index (χ1n) is 10.2. The van der Waals surface area contributed by atoms with Crippen LogP contribution in [0.2, 0.25) is 0 Å². The monoisotopic (exact) mass is 423 g/mol. The summed E-state index contributed by atoms with van der Waals surface area (Å²) < 4.78 is 12.7. The topological polar surface area (TPSA) is 69.3 Å². The zero-order valence-electron chi connectivity index (χ0n) is 17.2. The predicted molar refractivity (Wildman–Crippen MR) is 117 cm³/mol. The molecule has 0 aliphatic heterocycles. The van der Waals surface area contributed by atoms with Crippen LogP contribution in [-0.2, 0) is 30.8 Å². The van der Waals surface area contributed by atoms with Crippen LogP contribution in [0, 0.1) is 18.7 Å². The number of aryl methyl sites for hydroxylation is 4. The highest BCUT2D eigenvalue weighted by Gasteiger charge is 2.13. The maximum atomic E-state index is 12.4. The van der Waals surface area contributed by atoms with Crippen LogP contribution in [-0.4, -0.2) is 15.7 Å². The minimum absolute atomic E-state index is 0.0193. The van der Waals surface area contributed by atoms with E-state index < -0.39 is 0 Å². The van der Waals surface area contributed by atoms with Gasteiger partial charge in [0.15, 0.2) is 6.61 Å². The van der Waals surface area contributed by atoms with Crippen LogP contribution in [0.3, 0.4) is 0 Å². The molecule has 30 heavy (non-hydrogen) atoms. The normalized spacial score (nSPS) is 13.0. The number of fused-ring (bicyclic) bond motifs is 1. The number of benzene rings is 2. The van der Waals surface area contributed by atoms with Crippen LogP contribution in [0.1, 0.15) is 41.0 Å². The maximum Gasteiger partial charge on any atom is 0.287 e. The van der Waals surface area contributed by atoms with Gasteiger partial charge >= 0.3 is 0 Å². The van der Waals surface area contributed by atoms with Gasteiger partial charge in [0.2, 0.25) is 5.91 Å². The van der Waals surface area contributed by atoms with Crippen molar-refractivity contribution in [2.24, 2.45) is 0 Å². The molecule has 7 heteroatoms. The summed E-state index contributed by atoms with van der Waals surface area (Å²) in [7, 11) is 0. The largest absolute Gasteiger partial charge is 0.484 e. The SMILES string of the molecule is Cc1ccc(C)c(NC(=O)Cn2nc(COc3ccc4c(c3)CCCC4)oc2=S)c1. The number of anilines is 1. The van der Waals surface area contributed by atoms with E-state index in [1.54, 1.807) is 0 Å². The number of hydrogen-bond acceptors (Lipinski definition) is 5. The Bertz CT molecular complexity index is 1130. The summed E-state index contributed by atoms with van der Waals surface area (Å²) in [5, 5.41) is 7.20. The Hall–Kier alpha value is -2.93. The molecule has 1 aliphatic carbocycles. The molecule has 0 spiro atoms. The number of aromatic nitrogens is 2. The van der Waals surface area contributed by atoms with E-state index in [4.69, 9.17) is 21.4 Å². The Morgan fingerprint density at radius 1 is 1.17 bits per heavy atom. The van der Waals surface area contributed by atoms with E-state index in [1.165, 1.54) is 28.7 Å². The highest BCUT2D eigenvalue weighted by Crippen LogP contribution is 2.25. The third kappa shape index (κ3) is 4.79. The molecule has 0 saturated carbocycles. The van der Waals surface area contributed by atoms with E-state index in [0.717, 1.165) is 35.4 Å². The second kappa shape index (κ2) is 8.83. The summed E-state index contributed by atoms with van der Waals surface area (Å²) in [5.74, 6) is 0.923. The van der Waals surface area contributed by atoms with Crippen LogP contribution in [0.15, 0.2) is 40.8 Å². The smallest absolute Gasteiger partial charge is 0.287 e. The van der Waals surface area contributed by atoms with Crippen molar-refractivity contribution in [1.29, 1.82) is 0 Å². The molecule has 1 aromatic heterocycles. The van der Waals surface area contributed by atoms with E-state index >= 15 is 0 Å². The molecule has 0 atom stereocenters. The third-order valence-corrected chi connectivity index (χ3v) is 5.59. The molecule has 0 bridgehead atoms. The van der Waals surface area contributed by atoms with Crippen molar-refractivity contribution >= 4 is 23.8 Å². The van der Waals surface area contributed by atoms with Gasteiger partial charge in [-0.25, -0.2) is 4.68 Å². The molecule has 6 nitrogen and oxygen atoms in total. The number of rotatable bonds is 6. The van der Waals surface area contributed by atoms with Gasteiger partial charge in [-0.3, -0.25) is 4.79 Å². The minimum atomic E-state index is -0.213. The number of nitrogens with zero attached hydrogens (tertiary/aromatic N) is 2. The molecule has 0 saturated heterocycles. The van der Waals surface area contributed by atoms with Gasteiger partial charge in [0.05, 0.1) is 0 Å². The number of hydrogen-bond donors (Lipinski definition) is 1. The average Bonchev–Trinajstić information content (AvgIpc) is 3.08. The summed E-state index contributed by atoms with van der Waals surface area (Å²) in [5.41, 5.74) is 5.62. The molecular weight excluding hydrogens is 398 g/mol. The van der Waals surface area contributed by atoms with Crippen molar-refractivity contribution in [2.75, 3.05) is 5.32 Å². The van der Waals surface area contributed by atoms with Crippen LogP contribution >= 0.6 is 12.2 Å². The molecule has 2 aromatic carbocycles. The highest BCUT2D eigenvalue weighted by molar-refractivity contribution is 7.71. The van der Waals surface area contributed by atoms with Gasteiger partial charge in [0.25, 0.3) is 10.7 Å². The van der Waals surface area contributed by atoms with Gasteiger partial charge < -0.3 is 14.5 Å². The molecule has 1 N–H and O–H groups in total. The Balaban J connectivity index is 1.38. The van der Waals surface area contributed by atoms with Crippen molar-refractivity contribution in [1.82, 2.24) is 9.78 Å². The van der Waals surface area contributed by atoms with Crippen LogP contribution in [0.25, 0.3) is 0 Å². The fraction of sp³-hybridized carbons (Fsp3) is 0.348. The second-order valence-electron chi connectivity index (χ2n) is 7.71. The first-order valence-corrected chi connectivity index (χ1v) is 10.6. The summed E-state index contributed by atoms with van der Waals surface area (Å²) in [6.45, 7) is 4.08. The van der Waals surface area contributed by atoms with Gasteiger partial charge in [0.1, 0.15) is 12.3 Å². The Morgan fingerprint density at radius 2 is 1.97 bits per heavy atom. The van der Waals surface area contributed by atoms with Crippen LogP contribution in [0.5, 0.6) is 5.75 Å². The Kier molecular flexibility index (Phi) is 5.99. The van der Waals surface area contributed by atoms with E-state index in [9.17, 15) is 4.79 Å². The summed E-state index contributed by atoms with van der Waals surface area (Å²) in [6.07, 6.45) is 4.71. The van der Waals surface area contributed by atoms with Gasteiger partial charge in [-0.2, -0.15) is 0 Å². The Morgan fingerprint density at radius 3 is 2.80 bits per heavy atom. The quantitative estimate of drug-likeness (QED) is 0.570. The maximum absolute atomic E-state index is 12.4.